The molecule has 0 aromatic rings. The number of amides is 1. The van der Waals surface area contributed by atoms with Gasteiger partial charge in [0.15, 0.2) is 0 Å². The van der Waals surface area contributed by atoms with Crippen LogP contribution in [0.15, 0.2) is 0 Å². The molecule has 5 nitrogen and oxygen atoms in total. The van der Waals surface area contributed by atoms with Crippen LogP contribution in [0.5, 0.6) is 0 Å². The highest BCUT2D eigenvalue weighted by Gasteiger charge is 2.46. The number of hydrogen-bond acceptors (Lipinski definition) is 4. The zero-order chi connectivity index (χ0) is 16.0. The minimum atomic E-state index is -0.432. The largest absolute Gasteiger partial charge is 0.400 e. The molecule has 1 unspecified atom stereocenters. The summed E-state index contributed by atoms with van der Waals surface area (Å²) in [5, 5.41) is 10.3. The number of nitrogens with zero attached hydrogens (tertiary/aromatic N) is 1. The number of methoxy groups -OCH3 is 1. The summed E-state index contributed by atoms with van der Waals surface area (Å²) in [6.07, 6.45) is 2.13. The number of rotatable bonds is 5. The highest BCUT2D eigenvalue weighted by Crippen LogP contribution is 2.34. The summed E-state index contributed by atoms with van der Waals surface area (Å²) in [5.74, 6) is 0.224. The molecule has 1 atom stereocenters. The average molecular weight is 288 g/mol. The van der Waals surface area contributed by atoms with E-state index in [9.17, 15) is 4.79 Å². The van der Waals surface area contributed by atoms with Crippen LogP contribution < -0.4 is 5.32 Å². The third-order valence-electron chi connectivity index (χ3n) is 4.72. The van der Waals surface area contributed by atoms with E-state index in [1.165, 1.54) is 0 Å². The Kier molecular flexibility index (Phi) is 7.70. The molecular formula is C15H32N2O3. The zero-order valence-corrected chi connectivity index (χ0v) is 14.1. The molecule has 1 rings (SSSR count). The van der Waals surface area contributed by atoms with Crippen LogP contribution in [0.4, 0.5) is 0 Å². The monoisotopic (exact) mass is 288 g/mol. The number of aliphatic hydroxyl groups excluding tert-OH is 1. The Morgan fingerprint density at radius 1 is 1.35 bits per heavy atom. The molecule has 0 bridgehead atoms. The first-order chi connectivity index (χ1) is 9.28. The maximum Gasteiger partial charge on any atom is 0.230 e. The van der Waals surface area contributed by atoms with Gasteiger partial charge < -0.3 is 20.1 Å². The summed E-state index contributed by atoms with van der Waals surface area (Å²) in [5.41, 5.74) is -0.664. The van der Waals surface area contributed by atoms with Gasteiger partial charge in [-0.05, 0) is 47.6 Å². The van der Waals surface area contributed by atoms with Crippen molar-refractivity contribution in [3.05, 3.63) is 0 Å². The molecular weight excluding hydrogens is 256 g/mol. The van der Waals surface area contributed by atoms with E-state index in [1.54, 1.807) is 7.11 Å². The number of aliphatic hydroxyl groups is 1. The van der Waals surface area contributed by atoms with Crippen molar-refractivity contribution < 1.29 is 14.6 Å². The Balaban J connectivity index is 0.00000172. The molecule has 1 aliphatic rings. The van der Waals surface area contributed by atoms with Gasteiger partial charge in [-0.3, -0.25) is 4.79 Å². The normalized spacial score (nSPS) is 19.6. The second kappa shape index (κ2) is 7.96. The Morgan fingerprint density at radius 3 is 2.35 bits per heavy atom. The quantitative estimate of drug-likeness (QED) is 0.799. The molecule has 120 valence electrons. The standard InChI is InChI=1S/C14H28N2O2.CH4O/c1-13(2,14(3,4)15-5)12(17)16-9-7-8-11(16)10-18-6;1-2/h11,15H,7-10H2,1-6H3;2H,1H3. The van der Waals surface area contributed by atoms with E-state index in [0.29, 0.717) is 6.61 Å². The van der Waals surface area contributed by atoms with Crippen LogP contribution in [-0.2, 0) is 9.53 Å². The Morgan fingerprint density at radius 2 is 1.90 bits per heavy atom. The Hall–Kier alpha value is -0.650. The van der Waals surface area contributed by atoms with Gasteiger partial charge in [-0.25, -0.2) is 0 Å². The molecule has 1 heterocycles. The van der Waals surface area contributed by atoms with Gasteiger partial charge in [0.05, 0.1) is 18.1 Å². The van der Waals surface area contributed by atoms with E-state index in [2.05, 4.69) is 19.2 Å². The fraction of sp³-hybridized carbons (Fsp3) is 0.933. The number of carbonyl (C=O) groups excluding carboxylic acids is 1. The summed E-state index contributed by atoms with van der Waals surface area (Å²) in [6, 6.07) is 0.245. The minimum absolute atomic E-state index is 0.224. The molecule has 0 aromatic heterocycles. The number of carbonyl (C=O) groups is 1. The molecule has 1 fully saturated rings. The van der Waals surface area contributed by atoms with Gasteiger partial charge >= 0.3 is 0 Å². The van der Waals surface area contributed by atoms with E-state index < -0.39 is 5.41 Å². The maximum absolute atomic E-state index is 12.8. The summed E-state index contributed by atoms with van der Waals surface area (Å²) >= 11 is 0. The van der Waals surface area contributed by atoms with Crippen LogP contribution in [0.2, 0.25) is 0 Å². The zero-order valence-electron chi connectivity index (χ0n) is 14.1. The second-order valence-electron chi connectivity index (χ2n) is 6.25. The molecule has 1 amide bonds. The van der Waals surface area contributed by atoms with Crippen molar-refractivity contribution in [3.8, 4) is 0 Å². The highest BCUT2D eigenvalue weighted by atomic mass is 16.5. The Bertz CT molecular complexity index is 303. The van der Waals surface area contributed by atoms with Crippen molar-refractivity contribution in [2.75, 3.05) is 34.4 Å². The molecule has 5 heteroatoms. The van der Waals surface area contributed by atoms with Crippen molar-refractivity contribution in [2.45, 2.75) is 52.1 Å². The lowest BCUT2D eigenvalue weighted by molar-refractivity contribution is -0.146. The SMILES string of the molecule is CNC(C)(C)C(C)(C)C(=O)N1CCCC1COC.CO. The molecule has 0 spiro atoms. The van der Waals surface area contributed by atoms with Gasteiger partial charge in [-0.15, -0.1) is 0 Å². The van der Waals surface area contributed by atoms with E-state index in [4.69, 9.17) is 9.84 Å². The summed E-state index contributed by atoms with van der Waals surface area (Å²) < 4.78 is 5.22. The molecule has 1 saturated heterocycles. The van der Waals surface area contributed by atoms with E-state index in [1.807, 2.05) is 25.8 Å². The van der Waals surface area contributed by atoms with E-state index in [-0.39, 0.29) is 17.5 Å². The van der Waals surface area contributed by atoms with Crippen LogP contribution >= 0.6 is 0 Å². The van der Waals surface area contributed by atoms with E-state index in [0.717, 1.165) is 26.5 Å². The predicted octanol–water partition coefficient (Wildman–Crippen LogP) is 1.26. The average Bonchev–Trinajstić information content (AvgIpc) is 2.88. The Labute approximate surface area is 123 Å². The molecule has 2 N–H and O–H groups in total. The lowest BCUT2D eigenvalue weighted by atomic mass is 9.73. The first kappa shape index (κ1) is 19.4. The smallest absolute Gasteiger partial charge is 0.230 e. The van der Waals surface area contributed by atoms with Gasteiger partial charge in [0, 0.05) is 26.3 Å². The highest BCUT2D eigenvalue weighted by molar-refractivity contribution is 5.84. The van der Waals surface area contributed by atoms with Crippen molar-refractivity contribution in [1.29, 1.82) is 0 Å². The van der Waals surface area contributed by atoms with Gasteiger partial charge in [0.2, 0.25) is 5.91 Å². The van der Waals surface area contributed by atoms with Crippen LogP contribution in [-0.4, -0.2) is 61.9 Å². The fourth-order valence-corrected chi connectivity index (χ4v) is 2.41. The van der Waals surface area contributed by atoms with Gasteiger partial charge in [0.25, 0.3) is 0 Å². The molecule has 0 aliphatic carbocycles. The molecule has 0 aromatic carbocycles. The first-order valence-corrected chi connectivity index (χ1v) is 7.21. The minimum Gasteiger partial charge on any atom is -0.400 e. The van der Waals surface area contributed by atoms with Crippen LogP contribution in [0.1, 0.15) is 40.5 Å². The van der Waals surface area contributed by atoms with E-state index >= 15 is 0 Å². The van der Waals surface area contributed by atoms with Crippen LogP contribution in [0.3, 0.4) is 0 Å². The predicted molar refractivity (Wildman–Crippen MR) is 81.7 cm³/mol. The van der Waals surface area contributed by atoms with Gasteiger partial charge in [-0.1, -0.05) is 0 Å². The van der Waals surface area contributed by atoms with Crippen molar-refractivity contribution in [2.24, 2.45) is 5.41 Å². The lowest BCUT2D eigenvalue weighted by Gasteiger charge is -2.43. The third kappa shape index (κ3) is 3.93. The number of likely N-dealkylation sites (tertiary alicyclic amines) is 1. The number of nitrogens with one attached hydrogen (secondary N) is 1. The third-order valence-corrected chi connectivity index (χ3v) is 4.72. The number of hydrogen-bond donors (Lipinski definition) is 2. The maximum atomic E-state index is 12.8. The topological polar surface area (TPSA) is 61.8 Å². The van der Waals surface area contributed by atoms with Crippen LogP contribution in [0.25, 0.3) is 0 Å². The van der Waals surface area contributed by atoms with Crippen LogP contribution in [0, 0.1) is 5.41 Å². The second-order valence-corrected chi connectivity index (χ2v) is 6.25. The van der Waals surface area contributed by atoms with Gasteiger partial charge in [0.1, 0.15) is 0 Å². The molecule has 1 aliphatic heterocycles. The lowest BCUT2D eigenvalue weighted by Crippen LogP contribution is -2.58. The first-order valence-electron chi connectivity index (χ1n) is 7.21. The summed E-state index contributed by atoms with van der Waals surface area (Å²) in [7, 11) is 4.61. The molecule has 0 saturated carbocycles. The van der Waals surface area contributed by atoms with Crippen molar-refractivity contribution >= 4 is 5.91 Å². The van der Waals surface area contributed by atoms with Gasteiger partial charge in [-0.2, -0.15) is 0 Å². The fourth-order valence-electron chi connectivity index (χ4n) is 2.41. The van der Waals surface area contributed by atoms with Crippen molar-refractivity contribution in [1.82, 2.24) is 10.2 Å². The summed E-state index contributed by atoms with van der Waals surface area (Å²) in [6.45, 7) is 9.69. The van der Waals surface area contributed by atoms with Crippen molar-refractivity contribution in [3.63, 3.8) is 0 Å². The molecule has 20 heavy (non-hydrogen) atoms. The number of ether oxygens (including phenoxy) is 1. The molecule has 0 radical (unpaired) electrons. The summed E-state index contributed by atoms with van der Waals surface area (Å²) in [4.78, 5) is 14.8.